The van der Waals surface area contributed by atoms with Crippen LogP contribution in [-0.2, 0) is 0 Å². The minimum absolute atomic E-state index is 0.0958. The second-order valence-electron chi connectivity index (χ2n) is 3.79. The zero-order chi connectivity index (χ0) is 14.5. The van der Waals surface area contributed by atoms with Gasteiger partial charge in [0.2, 0.25) is 0 Å². The monoisotopic (exact) mass is 273 g/mol. The van der Waals surface area contributed by atoms with Gasteiger partial charge in [-0.05, 0) is 12.1 Å². The van der Waals surface area contributed by atoms with Gasteiger partial charge in [-0.3, -0.25) is 19.9 Å². The molecular weight excluding hydrogens is 262 g/mol. The number of hydrogen-bond acceptors (Lipinski definition) is 6. The van der Waals surface area contributed by atoms with Crippen LogP contribution in [0.25, 0.3) is 0 Å². The third-order valence-corrected chi connectivity index (χ3v) is 2.50. The highest BCUT2D eigenvalue weighted by Gasteiger charge is 2.17. The number of hydrogen-bond donors (Lipinski definition) is 2. The van der Waals surface area contributed by atoms with E-state index < -0.39 is 10.8 Å². The number of aromatic nitrogens is 2. The van der Waals surface area contributed by atoms with Crippen molar-refractivity contribution in [2.45, 2.75) is 0 Å². The molecule has 0 fully saturated rings. The van der Waals surface area contributed by atoms with E-state index in [9.17, 15) is 14.9 Å². The highest BCUT2D eigenvalue weighted by atomic mass is 16.6. The minimum atomic E-state index is -0.602. The van der Waals surface area contributed by atoms with Crippen LogP contribution < -0.4 is 10.6 Å². The number of amides is 1. The zero-order valence-electron chi connectivity index (χ0n) is 10.5. The fraction of sp³-hybridized carbons (Fsp3) is 0.0833. The Kier molecular flexibility index (Phi) is 3.85. The Bertz CT molecular complexity index is 645. The molecule has 2 aromatic heterocycles. The van der Waals surface area contributed by atoms with Gasteiger partial charge < -0.3 is 10.6 Å². The van der Waals surface area contributed by atoms with Crippen molar-refractivity contribution in [2.75, 3.05) is 17.7 Å². The highest BCUT2D eigenvalue weighted by molar-refractivity contribution is 6.07. The van der Waals surface area contributed by atoms with E-state index in [1.54, 1.807) is 19.2 Å². The lowest BCUT2D eigenvalue weighted by molar-refractivity contribution is -0.385. The molecule has 8 heteroatoms. The molecule has 0 unspecified atom stereocenters. The quantitative estimate of drug-likeness (QED) is 0.647. The summed E-state index contributed by atoms with van der Waals surface area (Å²) in [6.45, 7) is 0. The molecule has 20 heavy (non-hydrogen) atoms. The smallest absolute Gasteiger partial charge is 0.288 e. The lowest BCUT2D eigenvalue weighted by atomic mass is 10.2. The molecule has 0 radical (unpaired) electrons. The molecule has 0 saturated heterocycles. The van der Waals surface area contributed by atoms with Gasteiger partial charge in [-0.25, -0.2) is 4.98 Å². The van der Waals surface area contributed by atoms with Crippen molar-refractivity contribution in [3.8, 4) is 0 Å². The zero-order valence-corrected chi connectivity index (χ0v) is 10.5. The first-order valence-corrected chi connectivity index (χ1v) is 5.65. The number of rotatable bonds is 4. The van der Waals surface area contributed by atoms with Crippen molar-refractivity contribution < 1.29 is 9.72 Å². The van der Waals surface area contributed by atoms with Gasteiger partial charge in [-0.1, -0.05) is 0 Å². The van der Waals surface area contributed by atoms with Crippen LogP contribution in [0.5, 0.6) is 0 Å². The van der Waals surface area contributed by atoms with E-state index in [2.05, 4.69) is 20.6 Å². The van der Waals surface area contributed by atoms with Crippen molar-refractivity contribution in [3.63, 3.8) is 0 Å². The van der Waals surface area contributed by atoms with Crippen LogP contribution in [0.15, 0.2) is 36.8 Å². The third kappa shape index (κ3) is 2.86. The molecule has 2 N–H and O–H groups in total. The lowest BCUT2D eigenvalue weighted by Crippen LogP contribution is -2.15. The molecule has 0 aliphatic rings. The summed E-state index contributed by atoms with van der Waals surface area (Å²) in [5, 5.41) is 16.1. The van der Waals surface area contributed by atoms with Crippen molar-refractivity contribution in [3.05, 3.63) is 52.5 Å². The second-order valence-corrected chi connectivity index (χ2v) is 3.79. The first-order valence-electron chi connectivity index (χ1n) is 5.65. The molecular formula is C12H11N5O3. The van der Waals surface area contributed by atoms with Gasteiger partial charge >= 0.3 is 0 Å². The number of nitrogens with one attached hydrogen (secondary N) is 2. The maximum atomic E-state index is 12.1. The van der Waals surface area contributed by atoms with Crippen LogP contribution in [0, 0.1) is 10.1 Å². The molecule has 0 saturated carbocycles. The molecule has 0 bridgehead atoms. The summed E-state index contributed by atoms with van der Waals surface area (Å²) in [6, 6.07) is 4.40. The number of nitro groups is 1. The summed E-state index contributed by atoms with van der Waals surface area (Å²) in [4.78, 5) is 30.0. The van der Waals surface area contributed by atoms with Crippen LogP contribution in [0.4, 0.5) is 17.2 Å². The predicted molar refractivity (Wildman–Crippen MR) is 72.6 cm³/mol. The Morgan fingerprint density at radius 1 is 1.35 bits per heavy atom. The number of carbonyl (C=O) groups is 1. The Balaban J connectivity index is 2.32. The van der Waals surface area contributed by atoms with E-state index in [0.717, 1.165) is 6.20 Å². The first-order chi connectivity index (χ1) is 9.61. The van der Waals surface area contributed by atoms with Gasteiger partial charge in [0.1, 0.15) is 12.0 Å². The summed E-state index contributed by atoms with van der Waals surface area (Å²) >= 11 is 0. The molecule has 2 heterocycles. The number of pyridine rings is 2. The molecule has 8 nitrogen and oxygen atoms in total. The predicted octanol–water partition coefficient (Wildman–Crippen LogP) is 1.68. The fourth-order valence-electron chi connectivity index (χ4n) is 1.56. The van der Waals surface area contributed by atoms with Gasteiger partial charge in [0, 0.05) is 31.2 Å². The maximum absolute atomic E-state index is 12.1. The van der Waals surface area contributed by atoms with E-state index in [1.165, 1.54) is 18.5 Å². The molecule has 0 aromatic carbocycles. The van der Waals surface area contributed by atoms with Gasteiger partial charge in [0.15, 0.2) is 0 Å². The van der Waals surface area contributed by atoms with Crippen LogP contribution in [0.3, 0.4) is 0 Å². The third-order valence-electron chi connectivity index (χ3n) is 2.50. The van der Waals surface area contributed by atoms with E-state index in [4.69, 9.17) is 0 Å². The van der Waals surface area contributed by atoms with Gasteiger partial charge in [0.05, 0.1) is 10.5 Å². The molecule has 2 rings (SSSR count). The average Bonchev–Trinajstić information content (AvgIpc) is 2.47. The van der Waals surface area contributed by atoms with E-state index >= 15 is 0 Å². The Morgan fingerprint density at radius 3 is 2.65 bits per heavy atom. The lowest BCUT2D eigenvalue weighted by Gasteiger charge is -2.08. The van der Waals surface area contributed by atoms with E-state index in [-0.39, 0.29) is 17.1 Å². The summed E-state index contributed by atoms with van der Waals surface area (Å²) in [5.74, 6) is -0.223. The number of carbonyl (C=O) groups excluding carboxylic acids is 1. The SMILES string of the molecule is CNc1ncc([N+](=O)[O-])cc1C(=O)Nc1ccncc1. The van der Waals surface area contributed by atoms with E-state index in [1.807, 2.05) is 0 Å². The first kappa shape index (κ1) is 13.4. The van der Waals surface area contributed by atoms with Crippen molar-refractivity contribution in [1.82, 2.24) is 9.97 Å². The highest BCUT2D eigenvalue weighted by Crippen LogP contribution is 2.20. The van der Waals surface area contributed by atoms with Crippen LogP contribution in [0.1, 0.15) is 10.4 Å². The van der Waals surface area contributed by atoms with Crippen LogP contribution in [-0.4, -0.2) is 27.8 Å². The van der Waals surface area contributed by atoms with Crippen molar-refractivity contribution in [1.29, 1.82) is 0 Å². The Morgan fingerprint density at radius 2 is 2.05 bits per heavy atom. The number of anilines is 2. The normalized spacial score (nSPS) is 9.85. The standard InChI is InChI=1S/C12H11N5O3/c1-13-11-10(6-9(7-15-11)17(19)20)12(18)16-8-2-4-14-5-3-8/h2-7H,1H3,(H,13,15)(H,14,16,18). The van der Waals surface area contributed by atoms with E-state index in [0.29, 0.717) is 5.69 Å². The topological polar surface area (TPSA) is 110 Å². The molecule has 102 valence electrons. The minimum Gasteiger partial charge on any atom is -0.372 e. The van der Waals surface area contributed by atoms with Crippen molar-refractivity contribution >= 4 is 23.1 Å². The summed E-state index contributed by atoms with van der Waals surface area (Å²) in [6.07, 6.45) is 4.15. The van der Waals surface area contributed by atoms with Gasteiger partial charge in [-0.15, -0.1) is 0 Å². The molecule has 0 spiro atoms. The van der Waals surface area contributed by atoms with Crippen molar-refractivity contribution in [2.24, 2.45) is 0 Å². The summed E-state index contributed by atoms with van der Waals surface area (Å²) in [7, 11) is 1.58. The molecule has 2 aromatic rings. The van der Waals surface area contributed by atoms with Gasteiger partial charge in [-0.2, -0.15) is 0 Å². The molecule has 0 aliphatic heterocycles. The fourth-order valence-corrected chi connectivity index (χ4v) is 1.56. The number of nitrogens with zero attached hydrogens (tertiary/aromatic N) is 3. The molecule has 0 atom stereocenters. The average molecular weight is 273 g/mol. The Hall–Kier alpha value is -3.03. The van der Waals surface area contributed by atoms with Gasteiger partial charge in [0.25, 0.3) is 11.6 Å². The van der Waals surface area contributed by atoms with Crippen LogP contribution >= 0.6 is 0 Å². The molecule has 0 aliphatic carbocycles. The second kappa shape index (κ2) is 5.74. The maximum Gasteiger partial charge on any atom is 0.288 e. The summed E-state index contributed by atoms with van der Waals surface area (Å²) < 4.78 is 0. The summed E-state index contributed by atoms with van der Waals surface area (Å²) in [5.41, 5.74) is 0.390. The Labute approximate surface area is 114 Å². The molecule has 1 amide bonds. The largest absolute Gasteiger partial charge is 0.372 e. The van der Waals surface area contributed by atoms with Crippen LogP contribution in [0.2, 0.25) is 0 Å².